The number of ether oxygens (including phenoxy) is 6. The van der Waals surface area contributed by atoms with Crippen molar-refractivity contribution in [2.45, 2.75) is 179 Å². The molecule has 0 aromatic heterocycles. The lowest BCUT2D eigenvalue weighted by Crippen LogP contribution is -2.28. The van der Waals surface area contributed by atoms with Gasteiger partial charge in [-0.05, 0) is 101 Å². The molecule has 2 fully saturated rings. The van der Waals surface area contributed by atoms with Crippen molar-refractivity contribution in [1.29, 1.82) is 0 Å². The highest BCUT2D eigenvalue weighted by atomic mass is 16.6. The van der Waals surface area contributed by atoms with Gasteiger partial charge in [-0.2, -0.15) is 0 Å². The molecule has 12 heteroatoms. The predicted octanol–water partition coefficient (Wildman–Crippen LogP) is 10.2. The quantitative estimate of drug-likeness (QED) is 0.0237. The highest BCUT2D eigenvalue weighted by Gasteiger charge is 2.30. The molecule has 66 heavy (non-hydrogen) atoms. The minimum Gasteiger partial charge on any atom is -0.465 e. The molecule has 0 radical (unpaired) electrons. The predicted molar refractivity (Wildman–Crippen MR) is 251 cm³/mol. The van der Waals surface area contributed by atoms with Gasteiger partial charge >= 0.3 is 35.8 Å². The van der Waals surface area contributed by atoms with E-state index in [0.29, 0.717) is 88.9 Å². The van der Waals surface area contributed by atoms with Crippen molar-refractivity contribution in [3.05, 3.63) is 60.7 Å². The van der Waals surface area contributed by atoms with Gasteiger partial charge in [-0.3, -0.25) is 9.59 Å². The van der Waals surface area contributed by atoms with E-state index in [1.54, 1.807) is 24.3 Å². The Hall–Kier alpha value is -5.36. The van der Waals surface area contributed by atoms with Gasteiger partial charge < -0.3 is 28.4 Å². The summed E-state index contributed by atoms with van der Waals surface area (Å²) in [5.74, 6) is 8.06. The van der Waals surface area contributed by atoms with E-state index in [4.69, 9.17) is 28.4 Å². The molecule has 2 aliphatic rings. The third kappa shape index (κ3) is 26.0. The van der Waals surface area contributed by atoms with Crippen molar-refractivity contribution < 1.29 is 57.2 Å². The molecular formula is C54H74O12. The van der Waals surface area contributed by atoms with Crippen molar-refractivity contribution >= 4 is 35.8 Å². The van der Waals surface area contributed by atoms with E-state index >= 15 is 0 Å². The summed E-state index contributed by atoms with van der Waals surface area (Å²) in [7, 11) is 0. The first kappa shape index (κ1) is 55.0. The van der Waals surface area contributed by atoms with E-state index < -0.39 is 11.9 Å². The number of carbonyl (C=O) groups excluding carboxylic acids is 6. The SMILES string of the molecule is C=CC(=O)OCCCCCCCCCCCOC(=O)C1CCC(OC(=O)C#Cc2ccc(C#CC(=O)OC3CCC(C(=O)OCCCCCCCCCCCOC(=O)C=C)CC3)cc2)CC1. The molecule has 1 aromatic rings. The zero-order valence-electron chi connectivity index (χ0n) is 39.3. The van der Waals surface area contributed by atoms with E-state index in [0.717, 1.165) is 89.9 Å². The number of esters is 6. The Morgan fingerprint density at radius 3 is 0.985 bits per heavy atom. The van der Waals surface area contributed by atoms with Gasteiger partial charge in [-0.15, -0.1) is 0 Å². The summed E-state index contributed by atoms with van der Waals surface area (Å²) in [6.45, 7) is 8.54. The molecule has 0 atom stereocenters. The molecule has 0 unspecified atom stereocenters. The van der Waals surface area contributed by atoms with Gasteiger partial charge in [0.1, 0.15) is 12.2 Å². The van der Waals surface area contributed by atoms with Gasteiger partial charge in [0, 0.05) is 35.1 Å². The van der Waals surface area contributed by atoms with Gasteiger partial charge in [0.25, 0.3) is 0 Å². The van der Waals surface area contributed by atoms with Crippen molar-refractivity contribution in [3.8, 4) is 23.7 Å². The van der Waals surface area contributed by atoms with E-state index in [2.05, 4.69) is 36.8 Å². The average molecular weight is 915 g/mol. The van der Waals surface area contributed by atoms with Crippen LogP contribution in [0.15, 0.2) is 49.6 Å². The van der Waals surface area contributed by atoms with Crippen LogP contribution in [0.4, 0.5) is 0 Å². The standard InChI is InChI=1S/C54H74O12/c1-3-49(55)61-39-19-15-11-7-5-9-13-17-21-41-63-53(59)45-29-33-47(34-30-45)65-51(57)37-27-43-23-25-44(26-24-43)28-38-52(58)66-48-35-31-46(32-36-48)54(60)64-42-22-18-14-10-6-8-12-16-20-40-62-50(56)4-2/h3-4,23-26,45-48H,1-2,5-22,29-36,39-42H2. The Bertz CT molecular complexity index is 1630. The first-order valence-corrected chi connectivity index (χ1v) is 24.6. The van der Waals surface area contributed by atoms with E-state index in [1.165, 1.54) is 37.8 Å². The Kier molecular flexibility index (Phi) is 29.1. The molecule has 2 saturated carbocycles. The number of carbonyl (C=O) groups is 6. The van der Waals surface area contributed by atoms with Crippen LogP contribution >= 0.6 is 0 Å². The maximum absolute atomic E-state index is 12.6. The fourth-order valence-corrected chi connectivity index (χ4v) is 8.01. The molecule has 0 amide bonds. The molecule has 362 valence electrons. The van der Waals surface area contributed by atoms with Gasteiger partial charge in [0.15, 0.2) is 0 Å². The Morgan fingerprint density at radius 1 is 0.424 bits per heavy atom. The van der Waals surface area contributed by atoms with Crippen molar-refractivity contribution in [3.63, 3.8) is 0 Å². The first-order valence-electron chi connectivity index (χ1n) is 24.6. The van der Waals surface area contributed by atoms with Gasteiger partial charge in [0.2, 0.25) is 0 Å². The summed E-state index contributed by atoms with van der Waals surface area (Å²) in [4.78, 5) is 72.1. The number of hydrogen-bond donors (Lipinski definition) is 0. The van der Waals surface area contributed by atoms with Gasteiger partial charge in [-0.1, -0.05) is 115 Å². The van der Waals surface area contributed by atoms with Crippen LogP contribution in [0.3, 0.4) is 0 Å². The van der Waals surface area contributed by atoms with E-state index in [9.17, 15) is 28.8 Å². The molecule has 0 bridgehead atoms. The van der Waals surface area contributed by atoms with E-state index in [1.807, 2.05) is 0 Å². The monoisotopic (exact) mass is 915 g/mol. The van der Waals surface area contributed by atoms with Crippen LogP contribution < -0.4 is 0 Å². The smallest absolute Gasteiger partial charge is 0.384 e. The van der Waals surface area contributed by atoms with Crippen molar-refractivity contribution in [2.24, 2.45) is 11.8 Å². The summed E-state index contributed by atoms with van der Waals surface area (Å²) in [5, 5.41) is 0. The van der Waals surface area contributed by atoms with Crippen LogP contribution in [0.2, 0.25) is 0 Å². The fourth-order valence-electron chi connectivity index (χ4n) is 8.01. The second-order valence-electron chi connectivity index (χ2n) is 17.3. The second-order valence-corrected chi connectivity index (χ2v) is 17.3. The number of rotatable bonds is 30. The topological polar surface area (TPSA) is 158 Å². The zero-order valence-corrected chi connectivity index (χ0v) is 39.3. The molecule has 0 heterocycles. The largest absolute Gasteiger partial charge is 0.465 e. The molecule has 0 saturated heterocycles. The fraction of sp³-hybridized carbons (Fsp3) is 0.630. The first-order chi connectivity index (χ1) is 32.2. The molecular weight excluding hydrogens is 841 g/mol. The summed E-state index contributed by atoms with van der Waals surface area (Å²) >= 11 is 0. The lowest BCUT2D eigenvalue weighted by molar-refractivity contribution is -0.153. The molecule has 1 aromatic carbocycles. The van der Waals surface area contributed by atoms with Crippen LogP contribution in [-0.4, -0.2) is 74.5 Å². The van der Waals surface area contributed by atoms with E-state index in [-0.39, 0.29) is 47.9 Å². The Morgan fingerprint density at radius 2 is 0.697 bits per heavy atom. The van der Waals surface area contributed by atoms with Crippen molar-refractivity contribution in [1.82, 2.24) is 0 Å². The zero-order chi connectivity index (χ0) is 47.5. The average Bonchev–Trinajstić information content (AvgIpc) is 3.33. The highest BCUT2D eigenvalue weighted by Crippen LogP contribution is 2.29. The number of hydrogen-bond acceptors (Lipinski definition) is 12. The minimum absolute atomic E-state index is 0.168. The molecule has 0 aliphatic heterocycles. The van der Waals surface area contributed by atoms with Crippen molar-refractivity contribution in [2.75, 3.05) is 26.4 Å². The van der Waals surface area contributed by atoms with Crippen LogP contribution in [0.25, 0.3) is 0 Å². The maximum atomic E-state index is 12.6. The summed E-state index contributed by atoms with van der Waals surface area (Å²) in [5.41, 5.74) is 1.20. The molecule has 0 spiro atoms. The Labute approximate surface area is 393 Å². The van der Waals surface area contributed by atoms with Crippen LogP contribution in [-0.2, 0) is 57.2 Å². The summed E-state index contributed by atoms with van der Waals surface area (Å²) < 4.78 is 32.2. The molecule has 3 rings (SSSR count). The second kappa shape index (κ2) is 34.9. The lowest BCUT2D eigenvalue weighted by atomic mass is 9.87. The Balaban J connectivity index is 1.17. The molecule has 12 nitrogen and oxygen atoms in total. The van der Waals surface area contributed by atoms with Gasteiger partial charge in [0.05, 0.1) is 38.3 Å². The highest BCUT2D eigenvalue weighted by molar-refractivity contribution is 5.90. The number of unbranched alkanes of at least 4 members (excludes halogenated alkanes) is 16. The normalized spacial score (nSPS) is 17.6. The third-order valence-corrected chi connectivity index (χ3v) is 12.0. The van der Waals surface area contributed by atoms with Gasteiger partial charge in [-0.25, -0.2) is 19.2 Å². The minimum atomic E-state index is -0.616. The third-order valence-electron chi connectivity index (χ3n) is 12.0. The lowest BCUT2D eigenvalue weighted by Gasteiger charge is -2.26. The number of benzene rings is 1. The summed E-state index contributed by atoms with van der Waals surface area (Å²) in [6.07, 6.45) is 25.7. The van der Waals surface area contributed by atoms with Crippen LogP contribution in [0.5, 0.6) is 0 Å². The maximum Gasteiger partial charge on any atom is 0.384 e. The molecule has 0 N–H and O–H groups in total. The summed E-state index contributed by atoms with van der Waals surface area (Å²) in [6, 6.07) is 6.86. The van der Waals surface area contributed by atoms with Crippen LogP contribution in [0.1, 0.15) is 178 Å². The van der Waals surface area contributed by atoms with Crippen LogP contribution in [0, 0.1) is 35.5 Å². The molecule has 2 aliphatic carbocycles.